The smallest absolute Gasteiger partial charge is 0.139 e. The van der Waals surface area contributed by atoms with Crippen LogP contribution in [0.1, 0.15) is 11.7 Å². The van der Waals surface area contributed by atoms with Crippen LogP contribution in [0.5, 0.6) is 5.75 Å². The van der Waals surface area contributed by atoms with Crippen molar-refractivity contribution in [2.24, 2.45) is 12.8 Å². The van der Waals surface area contributed by atoms with Gasteiger partial charge in [-0.15, -0.1) is 0 Å². The summed E-state index contributed by atoms with van der Waals surface area (Å²) >= 11 is 3.38. The van der Waals surface area contributed by atoms with Gasteiger partial charge in [0.25, 0.3) is 0 Å². The maximum absolute atomic E-state index is 5.82. The minimum atomic E-state index is -0.162. The number of benzene rings is 1. The van der Waals surface area contributed by atoms with E-state index in [1.54, 1.807) is 10.9 Å². The molecule has 0 saturated heterocycles. The molecule has 0 spiro atoms. The number of aromatic nitrogens is 2. The standard InChI is InChI=1S/C12H14BrN3O/c1-16-8-9(7-15-16)12(6-14)17-11-4-2-10(13)3-5-11/h2-5,7-8,12H,6,14H2,1H3. The van der Waals surface area contributed by atoms with Crippen molar-refractivity contribution in [2.75, 3.05) is 6.54 Å². The average Bonchev–Trinajstić information content (AvgIpc) is 2.75. The van der Waals surface area contributed by atoms with Crippen LogP contribution in [0.25, 0.3) is 0 Å². The van der Waals surface area contributed by atoms with Crippen molar-refractivity contribution in [3.63, 3.8) is 0 Å². The zero-order valence-electron chi connectivity index (χ0n) is 9.51. The Morgan fingerprint density at radius 2 is 2.12 bits per heavy atom. The largest absolute Gasteiger partial charge is 0.484 e. The molecule has 90 valence electrons. The first-order valence-corrected chi connectivity index (χ1v) is 6.09. The van der Waals surface area contributed by atoms with Gasteiger partial charge in [-0.05, 0) is 24.3 Å². The van der Waals surface area contributed by atoms with E-state index in [1.165, 1.54) is 0 Å². The lowest BCUT2D eigenvalue weighted by atomic mass is 10.2. The predicted octanol–water partition coefficient (Wildman–Crippen LogP) is 2.26. The summed E-state index contributed by atoms with van der Waals surface area (Å²) in [7, 11) is 1.87. The van der Waals surface area contributed by atoms with E-state index in [-0.39, 0.29) is 6.10 Å². The van der Waals surface area contributed by atoms with Gasteiger partial charge in [0, 0.05) is 29.8 Å². The van der Waals surface area contributed by atoms with Crippen LogP contribution in [0.4, 0.5) is 0 Å². The van der Waals surface area contributed by atoms with Crippen LogP contribution in [0, 0.1) is 0 Å². The molecule has 2 N–H and O–H groups in total. The van der Waals surface area contributed by atoms with Crippen molar-refractivity contribution >= 4 is 15.9 Å². The highest BCUT2D eigenvalue weighted by atomic mass is 79.9. The van der Waals surface area contributed by atoms with E-state index in [2.05, 4.69) is 21.0 Å². The molecule has 0 aliphatic carbocycles. The molecular weight excluding hydrogens is 282 g/mol. The van der Waals surface area contributed by atoms with E-state index >= 15 is 0 Å². The van der Waals surface area contributed by atoms with E-state index in [0.29, 0.717) is 6.54 Å². The summed E-state index contributed by atoms with van der Waals surface area (Å²) in [5, 5.41) is 4.11. The van der Waals surface area contributed by atoms with Gasteiger partial charge in [0.1, 0.15) is 11.9 Å². The normalized spacial score (nSPS) is 12.4. The van der Waals surface area contributed by atoms with Crippen LogP contribution < -0.4 is 10.5 Å². The molecule has 0 radical (unpaired) electrons. The molecule has 2 rings (SSSR count). The van der Waals surface area contributed by atoms with E-state index in [0.717, 1.165) is 15.8 Å². The average molecular weight is 296 g/mol. The van der Waals surface area contributed by atoms with Crippen molar-refractivity contribution in [1.29, 1.82) is 0 Å². The fourth-order valence-electron chi connectivity index (χ4n) is 1.54. The monoisotopic (exact) mass is 295 g/mol. The summed E-state index contributed by atoms with van der Waals surface area (Å²) in [6, 6.07) is 7.69. The van der Waals surface area contributed by atoms with Crippen molar-refractivity contribution < 1.29 is 4.74 Å². The van der Waals surface area contributed by atoms with Crippen LogP contribution >= 0.6 is 15.9 Å². The summed E-state index contributed by atoms with van der Waals surface area (Å²) in [5.41, 5.74) is 6.70. The Bertz CT molecular complexity index is 481. The SMILES string of the molecule is Cn1cc(C(CN)Oc2ccc(Br)cc2)cn1. The number of rotatable bonds is 4. The fourth-order valence-corrected chi connectivity index (χ4v) is 1.80. The summed E-state index contributed by atoms with van der Waals surface area (Å²) in [6.07, 6.45) is 3.53. The quantitative estimate of drug-likeness (QED) is 0.941. The molecule has 1 aromatic carbocycles. The Balaban J connectivity index is 2.12. The Kier molecular flexibility index (Phi) is 3.81. The van der Waals surface area contributed by atoms with Crippen molar-refractivity contribution in [2.45, 2.75) is 6.10 Å². The molecule has 0 saturated carbocycles. The third-order valence-electron chi connectivity index (χ3n) is 2.40. The first kappa shape index (κ1) is 12.1. The van der Waals surface area contributed by atoms with Crippen LogP contribution in [0.15, 0.2) is 41.1 Å². The Morgan fingerprint density at radius 3 is 2.65 bits per heavy atom. The van der Waals surface area contributed by atoms with Gasteiger partial charge in [0.2, 0.25) is 0 Å². The second-order valence-corrected chi connectivity index (χ2v) is 4.66. The van der Waals surface area contributed by atoms with Crippen molar-refractivity contribution in [3.8, 4) is 5.75 Å². The van der Waals surface area contributed by atoms with Crippen LogP contribution in [0.3, 0.4) is 0 Å². The number of ether oxygens (including phenoxy) is 1. The molecule has 0 aliphatic rings. The number of nitrogens with two attached hydrogens (primary N) is 1. The maximum Gasteiger partial charge on any atom is 0.139 e. The lowest BCUT2D eigenvalue weighted by molar-refractivity contribution is 0.214. The molecule has 17 heavy (non-hydrogen) atoms. The van der Waals surface area contributed by atoms with Crippen molar-refractivity contribution in [3.05, 3.63) is 46.7 Å². The molecule has 0 bridgehead atoms. The molecular formula is C12H14BrN3O. The molecule has 1 heterocycles. The highest BCUT2D eigenvalue weighted by molar-refractivity contribution is 9.10. The third-order valence-corrected chi connectivity index (χ3v) is 2.93. The highest BCUT2D eigenvalue weighted by Crippen LogP contribution is 2.22. The molecule has 5 heteroatoms. The molecule has 0 fully saturated rings. The molecule has 1 atom stereocenters. The Labute approximate surface area is 109 Å². The number of hydrogen-bond donors (Lipinski definition) is 1. The third kappa shape index (κ3) is 3.08. The van der Waals surface area contributed by atoms with Gasteiger partial charge in [-0.25, -0.2) is 0 Å². The molecule has 4 nitrogen and oxygen atoms in total. The predicted molar refractivity (Wildman–Crippen MR) is 69.8 cm³/mol. The topological polar surface area (TPSA) is 53.1 Å². The summed E-state index contributed by atoms with van der Waals surface area (Å²) in [5.74, 6) is 0.799. The van der Waals surface area contributed by atoms with Crippen LogP contribution in [0.2, 0.25) is 0 Å². The van der Waals surface area contributed by atoms with E-state index in [9.17, 15) is 0 Å². The van der Waals surface area contributed by atoms with Crippen LogP contribution in [-0.2, 0) is 7.05 Å². The van der Waals surface area contributed by atoms with Crippen molar-refractivity contribution in [1.82, 2.24) is 9.78 Å². The van der Waals surface area contributed by atoms with Gasteiger partial charge in [-0.3, -0.25) is 4.68 Å². The van der Waals surface area contributed by atoms with E-state index in [1.807, 2.05) is 37.5 Å². The minimum Gasteiger partial charge on any atom is -0.484 e. The van der Waals surface area contributed by atoms with E-state index in [4.69, 9.17) is 10.5 Å². The van der Waals surface area contributed by atoms with Gasteiger partial charge in [0.05, 0.1) is 6.20 Å². The fraction of sp³-hybridized carbons (Fsp3) is 0.250. The number of aryl methyl sites for hydroxylation is 1. The molecule has 2 aromatic rings. The number of nitrogens with zero attached hydrogens (tertiary/aromatic N) is 2. The summed E-state index contributed by atoms with van der Waals surface area (Å²) in [4.78, 5) is 0. The van der Waals surface area contributed by atoms with E-state index < -0.39 is 0 Å². The molecule has 0 aliphatic heterocycles. The van der Waals surface area contributed by atoms with Crippen LogP contribution in [-0.4, -0.2) is 16.3 Å². The minimum absolute atomic E-state index is 0.162. The Morgan fingerprint density at radius 1 is 1.41 bits per heavy atom. The number of halogens is 1. The molecule has 1 unspecified atom stereocenters. The van der Waals surface area contributed by atoms with Gasteiger partial charge < -0.3 is 10.5 Å². The second-order valence-electron chi connectivity index (χ2n) is 3.74. The highest BCUT2D eigenvalue weighted by Gasteiger charge is 2.13. The molecule has 1 aromatic heterocycles. The zero-order valence-corrected chi connectivity index (χ0v) is 11.1. The number of hydrogen-bond acceptors (Lipinski definition) is 3. The van der Waals surface area contributed by atoms with Gasteiger partial charge in [-0.2, -0.15) is 5.10 Å². The molecule has 0 amide bonds. The first-order chi connectivity index (χ1) is 8.19. The zero-order chi connectivity index (χ0) is 12.3. The van der Waals surface area contributed by atoms with Gasteiger partial charge in [0.15, 0.2) is 0 Å². The maximum atomic E-state index is 5.82. The Hall–Kier alpha value is -1.33. The lowest BCUT2D eigenvalue weighted by Gasteiger charge is -2.15. The lowest BCUT2D eigenvalue weighted by Crippen LogP contribution is -2.18. The second kappa shape index (κ2) is 5.33. The first-order valence-electron chi connectivity index (χ1n) is 5.30. The summed E-state index contributed by atoms with van der Waals surface area (Å²) < 4.78 is 8.58. The van der Waals surface area contributed by atoms with Gasteiger partial charge in [-0.1, -0.05) is 15.9 Å². The summed E-state index contributed by atoms with van der Waals surface area (Å²) in [6.45, 7) is 0.418. The van der Waals surface area contributed by atoms with Gasteiger partial charge >= 0.3 is 0 Å².